The molecule has 0 amide bonds. The Hall–Kier alpha value is 0.274. The third-order valence-corrected chi connectivity index (χ3v) is 10.3. The Kier molecular flexibility index (Phi) is 9.42. The molecule has 2 rings (SSSR count). The molecule has 2 heterocycles. The maximum Gasteiger partial charge on any atom is 0.211 e. The van der Waals surface area contributed by atoms with Gasteiger partial charge in [-0.1, -0.05) is 33.1 Å². The standard InChI is InChI=1S/C10H24N2OSi.C6H14OSi/c1-3-7-10(11,12-4-2)14-9-6-5-8-13-14;1-8(2)6-4-3-5-7-8/h12,14H,3-9,11H2,1-2H3;3-6H2,1-2H3. The summed E-state index contributed by atoms with van der Waals surface area (Å²) in [5.74, 6) is 0. The van der Waals surface area contributed by atoms with Gasteiger partial charge in [-0.2, -0.15) is 0 Å². The van der Waals surface area contributed by atoms with Crippen molar-refractivity contribution in [2.45, 2.75) is 82.8 Å². The molecule has 0 aromatic rings. The fraction of sp³-hybridized carbons (Fsp3) is 1.00. The number of rotatable bonds is 5. The van der Waals surface area contributed by atoms with Crippen LogP contribution in [0.5, 0.6) is 0 Å². The maximum atomic E-state index is 6.42. The second-order valence-electron chi connectivity index (χ2n) is 7.24. The first kappa shape index (κ1) is 20.3. The van der Waals surface area contributed by atoms with Gasteiger partial charge in [-0.15, -0.1) is 0 Å². The van der Waals surface area contributed by atoms with E-state index in [1.165, 1.54) is 37.8 Å². The molecule has 0 spiro atoms. The first-order valence-corrected chi connectivity index (χ1v) is 14.2. The lowest BCUT2D eigenvalue weighted by Gasteiger charge is -2.38. The Morgan fingerprint density at radius 2 is 1.86 bits per heavy atom. The minimum absolute atomic E-state index is 0.163. The SMILES string of the molecule is CCCC(N)(NCC)[SiH]1CCCCO1.C[Si]1(C)CCCCO1. The van der Waals surface area contributed by atoms with Crippen LogP contribution in [0.25, 0.3) is 0 Å². The molecule has 2 saturated heterocycles. The summed E-state index contributed by atoms with van der Waals surface area (Å²) in [4.78, 5) is 0. The summed E-state index contributed by atoms with van der Waals surface area (Å²) in [6, 6.07) is 2.61. The van der Waals surface area contributed by atoms with Crippen molar-refractivity contribution in [3.8, 4) is 0 Å². The predicted molar refractivity (Wildman–Crippen MR) is 100 cm³/mol. The molecule has 0 aliphatic carbocycles. The van der Waals surface area contributed by atoms with Crippen molar-refractivity contribution < 1.29 is 8.85 Å². The molecule has 0 saturated carbocycles. The quantitative estimate of drug-likeness (QED) is 0.593. The summed E-state index contributed by atoms with van der Waals surface area (Å²) in [6.45, 7) is 11.8. The molecule has 0 aromatic carbocycles. The minimum Gasteiger partial charge on any atom is -0.417 e. The predicted octanol–water partition coefficient (Wildman–Crippen LogP) is 3.13. The summed E-state index contributed by atoms with van der Waals surface area (Å²) in [6.07, 6.45) is 7.41. The van der Waals surface area contributed by atoms with Crippen LogP contribution in [0.4, 0.5) is 0 Å². The molecule has 2 atom stereocenters. The van der Waals surface area contributed by atoms with Gasteiger partial charge >= 0.3 is 0 Å². The zero-order valence-electron chi connectivity index (χ0n) is 15.2. The van der Waals surface area contributed by atoms with E-state index in [0.717, 1.165) is 32.6 Å². The highest BCUT2D eigenvalue weighted by atomic mass is 28.4. The van der Waals surface area contributed by atoms with Gasteiger partial charge in [-0.05, 0) is 51.0 Å². The van der Waals surface area contributed by atoms with Crippen molar-refractivity contribution in [1.82, 2.24) is 5.32 Å². The summed E-state index contributed by atoms with van der Waals surface area (Å²) in [7, 11) is -2.32. The van der Waals surface area contributed by atoms with Crippen LogP contribution in [0, 0.1) is 0 Å². The molecule has 3 N–H and O–H groups in total. The normalized spacial score (nSPS) is 27.4. The molecular formula is C16H38N2O2Si2. The van der Waals surface area contributed by atoms with Gasteiger partial charge < -0.3 is 19.9 Å². The Balaban J connectivity index is 0.000000255. The van der Waals surface area contributed by atoms with Crippen LogP contribution in [-0.2, 0) is 8.85 Å². The Morgan fingerprint density at radius 1 is 1.14 bits per heavy atom. The van der Waals surface area contributed by atoms with E-state index in [2.05, 4.69) is 32.3 Å². The third kappa shape index (κ3) is 7.23. The zero-order chi connectivity index (χ0) is 16.5. The average molecular weight is 347 g/mol. The molecule has 0 aromatic heterocycles. The van der Waals surface area contributed by atoms with Gasteiger partial charge in [0.15, 0.2) is 8.32 Å². The van der Waals surface area contributed by atoms with E-state index in [1.807, 2.05) is 0 Å². The van der Waals surface area contributed by atoms with Crippen LogP contribution in [0.2, 0.25) is 25.2 Å². The summed E-state index contributed by atoms with van der Waals surface area (Å²) in [5.41, 5.74) is 6.42. The fourth-order valence-corrected chi connectivity index (χ4v) is 8.40. The zero-order valence-corrected chi connectivity index (χ0v) is 17.4. The van der Waals surface area contributed by atoms with E-state index in [-0.39, 0.29) is 5.29 Å². The first-order valence-electron chi connectivity index (χ1n) is 9.23. The van der Waals surface area contributed by atoms with E-state index in [4.69, 9.17) is 14.6 Å². The van der Waals surface area contributed by atoms with Crippen molar-refractivity contribution in [2.75, 3.05) is 19.8 Å². The minimum atomic E-state index is -1.22. The second kappa shape index (κ2) is 10.2. The largest absolute Gasteiger partial charge is 0.417 e. The molecule has 2 fully saturated rings. The van der Waals surface area contributed by atoms with Gasteiger partial charge in [0, 0.05) is 13.2 Å². The number of hydrogen-bond donors (Lipinski definition) is 2. The number of hydrogen-bond acceptors (Lipinski definition) is 4. The van der Waals surface area contributed by atoms with Gasteiger partial charge in [0.25, 0.3) is 0 Å². The smallest absolute Gasteiger partial charge is 0.211 e. The molecular weight excluding hydrogens is 308 g/mol. The molecule has 132 valence electrons. The molecule has 2 aliphatic heterocycles. The molecule has 22 heavy (non-hydrogen) atoms. The number of nitrogens with one attached hydrogen (secondary N) is 1. The number of nitrogens with two attached hydrogens (primary N) is 1. The Bertz CT molecular complexity index is 284. The summed E-state index contributed by atoms with van der Waals surface area (Å²) >= 11 is 0. The second-order valence-corrected chi connectivity index (χ2v) is 14.5. The van der Waals surface area contributed by atoms with E-state index in [1.54, 1.807) is 0 Å². The first-order chi connectivity index (χ1) is 10.4. The highest BCUT2D eigenvalue weighted by Crippen LogP contribution is 2.21. The third-order valence-electron chi connectivity index (χ3n) is 4.59. The van der Waals surface area contributed by atoms with Crippen LogP contribution >= 0.6 is 0 Å². The average Bonchev–Trinajstić information content (AvgIpc) is 2.49. The highest BCUT2D eigenvalue weighted by Gasteiger charge is 2.37. The van der Waals surface area contributed by atoms with Gasteiger partial charge in [0.05, 0.1) is 5.29 Å². The van der Waals surface area contributed by atoms with Crippen molar-refractivity contribution >= 4 is 17.4 Å². The van der Waals surface area contributed by atoms with Crippen molar-refractivity contribution in [3.63, 3.8) is 0 Å². The van der Waals surface area contributed by atoms with Gasteiger partial charge in [0.1, 0.15) is 0 Å². The fourth-order valence-electron chi connectivity index (χ4n) is 3.33. The van der Waals surface area contributed by atoms with E-state index < -0.39 is 17.4 Å². The van der Waals surface area contributed by atoms with Crippen LogP contribution in [0.15, 0.2) is 0 Å². The molecule has 4 nitrogen and oxygen atoms in total. The van der Waals surface area contributed by atoms with Gasteiger partial charge in [0.2, 0.25) is 9.04 Å². The monoisotopic (exact) mass is 346 g/mol. The van der Waals surface area contributed by atoms with Crippen molar-refractivity contribution in [3.05, 3.63) is 0 Å². The molecule has 6 heteroatoms. The molecule has 2 aliphatic rings. The lowest BCUT2D eigenvalue weighted by atomic mass is 10.3. The Morgan fingerprint density at radius 3 is 2.27 bits per heavy atom. The summed E-state index contributed by atoms with van der Waals surface area (Å²) in [5, 5.41) is 3.28. The molecule has 2 unspecified atom stereocenters. The lowest BCUT2D eigenvalue weighted by Crippen LogP contribution is -2.65. The van der Waals surface area contributed by atoms with Crippen LogP contribution in [0.1, 0.15) is 52.4 Å². The van der Waals surface area contributed by atoms with Crippen LogP contribution in [-0.4, -0.2) is 42.4 Å². The Labute approximate surface area is 140 Å². The topological polar surface area (TPSA) is 56.5 Å². The summed E-state index contributed by atoms with van der Waals surface area (Å²) < 4.78 is 11.5. The van der Waals surface area contributed by atoms with E-state index in [0.29, 0.717) is 0 Å². The lowest BCUT2D eigenvalue weighted by molar-refractivity contribution is 0.247. The van der Waals surface area contributed by atoms with Gasteiger partial charge in [-0.25, -0.2) is 0 Å². The van der Waals surface area contributed by atoms with Crippen LogP contribution < -0.4 is 11.1 Å². The van der Waals surface area contributed by atoms with E-state index in [9.17, 15) is 0 Å². The molecule has 0 bridgehead atoms. The van der Waals surface area contributed by atoms with Crippen molar-refractivity contribution in [1.29, 1.82) is 0 Å². The van der Waals surface area contributed by atoms with E-state index >= 15 is 0 Å². The van der Waals surface area contributed by atoms with Crippen molar-refractivity contribution in [2.24, 2.45) is 5.73 Å². The maximum absolute atomic E-state index is 6.42. The van der Waals surface area contributed by atoms with Gasteiger partial charge in [-0.3, -0.25) is 0 Å². The molecule has 0 radical (unpaired) electrons. The van der Waals surface area contributed by atoms with Crippen LogP contribution in [0.3, 0.4) is 0 Å². The highest BCUT2D eigenvalue weighted by molar-refractivity contribution is 6.71.